The second kappa shape index (κ2) is 8.31. The fraction of sp³-hybridized carbons (Fsp3) is 0.182. The average Bonchev–Trinajstić information content (AvgIpc) is 3.19. The van der Waals surface area contributed by atoms with Crippen molar-refractivity contribution in [3.8, 4) is 5.75 Å². The van der Waals surface area contributed by atoms with Crippen LogP contribution in [0.25, 0.3) is 11.2 Å². The fourth-order valence-corrected chi connectivity index (χ4v) is 3.13. The minimum absolute atomic E-state index is 0.221. The van der Waals surface area contributed by atoms with Gasteiger partial charge in [0.15, 0.2) is 5.65 Å². The number of nitrogen functional groups attached to an aromatic ring is 1. The zero-order valence-electron chi connectivity index (χ0n) is 17.5. The molecule has 0 saturated carbocycles. The molecule has 158 valence electrons. The lowest BCUT2D eigenvalue weighted by Crippen LogP contribution is -2.13. The summed E-state index contributed by atoms with van der Waals surface area (Å²) in [4.78, 5) is 25.9. The van der Waals surface area contributed by atoms with Crippen LogP contribution in [0.5, 0.6) is 5.75 Å². The molecule has 4 N–H and O–H groups in total. The van der Waals surface area contributed by atoms with Gasteiger partial charge in [0.2, 0.25) is 5.95 Å². The average molecular weight is 417 g/mol. The van der Waals surface area contributed by atoms with Gasteiger partial charge in [-0.05, 0) is 44.2 Å². The van der Waals surface area contributed by atoms with Crippen LogP contribution in [0, 0.1) is 0 Å². The third-order valence-electron chi connectivity index (χ3n) is 4.79. The monoisotopic (exact) mass is 417 g/mol. The van der Waals surface area contributed by atoms with Crippen molar-refractivity contribution >= 4 is 40.1 Å². The summed E-state index contributed by atoms with van der Waals surface area (Å²) < 4.78 is 7.45. The van der Waals surface area contributed by atoms with Crippen LogP contribution in [0.3, 0.4) is 0 Å². The maximum atomic E-state index is 12.6. The molecule has 0 bridgehead atoms. The van der Waals surface area contributed by atoms with Gasteiger partial charge in [-0.25, -0.2) is 9.97 Å². The van der Waals surface area contributed by atoms with Crippen LogP contribution in [0.1, 0.15) is 30.2 Å². The van der Waals surface area contributed by atoms with Crippen molar-refractivity contribution < 1.29 is 9.53 Å². The highest BCUT2D eigenvalue weighted by Gasteiger charge is 2.14. The molecule has 31 heavy (non-hydrogen) atoms. The topological polar surface area (TPSA) is 120 Å². The summed E-state index contributed by atoms with van der Waals surface area (Å²) in [5.41, 5.74) is 9.47. The largest absolute Gasteiger partial charge is 0.495 e. The summed E-state index contributed by atoms with van der Waals surface area (Å²) in [6, 6.07) is 12.4. The van der Waals surface area contributed by atoms with Crippen molar-refractivity contribution in [2.45, 2.75) is 19.9 Å². The van der Waals surface area contributed by atoms with Crippen molar-refractivity contribution in [1.29, 1.82) is 0 Å². The third kappa shape index (κ3) is 4.11. The highest BCUT2D eigenvalue weighted by Crippen LogP contribution is 2.29. The Balaban J connectivity index is 1.58. The van der Waals surface area contributed by atoms with E-state index < -0.39 is 0 Å². The Morgan fingerprint density at radius 2 is 1.94 bits per heavy atom. The number of nitrogens with two attached hydrogens (primary N) is 1. The van der Waals surface area contributed by atoms with Crippen LogP contribution in [0.2, 0.25) is 0 Å². The van der Waals surface area contributed by atoms with Crippen molar-refractivity contribution in [3.63, 3.8) is 0 Å². The molecule has 0 radical (unpaired) electrons. The van der Waals surface area contributed by atoms with Gasteiger partial charge in [0, 0.05) is 11.6 Å². The summed E-state index contributed by atoms with van der Waals surface area (Å²) in [6.07, 6.45) is 3.42. The van der Waals surface area contributed by atoms with E-state index in [0.717, 1.165) is 11.2 Å². The van der Waals surface area contributed by atoms with Crippen LogP contribution in [0.4, 0.5) is 23.0 Å². The predicted octanol–water partition coefficient (Wildman–Crippen LogP) is 3.99. The molecule has 0 spiro atoms. The molecular weight excluding hydrogens is 394 g/mol. The molecule has 0 saturated heterocycles. The number of para-hydroxylation sites is 2. The van der Waals surface area contributed by atoms with Gasteiger partial charge in [-0.1, -0.05) is 12.1 Å². The van der Waals surface area contributed by atoms with E-state index in [1.807, 2.05) is 16.7 Å². The lowest BCUT2D eigenvalue weighted by molar-refractivity contribution is 0.102. The molecule has 0 atom stereocenters. The number of amides is 1. The van der Waals surface area contributed by atoms with Crippen LogP contribution in [-0.4, -0.2) is 32.5 Å². The number of nitrogens with zero attached hydrogens (tertiary/aromatic N) is 4. The highest BCUT2D eigenvalue weighted by molar-refractivity contribution is 6.06. The minimum Gasteiger partial charge on any atom is -0.495 e. The molecule has 0 aliphatic heterocycles. The number of carbonyl (C=O) groups is 1. The summed E-state index contributed by atoms with van der Waals surface area (Å²) in [5, 5.41) is 5.96. The molecule has 2 aromatic heterocycles. The SMILES string of the molecule is COc1cc(C(=O)Nc2ccccc2N)ccc1Nc1ncc2ncn(C(C)C)c2n1. The second-order valence-corrected chi connectivity index (χ2v) is 7.23. The van der Waals surface area contributed by atoms with Gasteiger partial charge in [0.1, 0.15) is 11.3 Å². The summed E-state index contributed by atoms with van der Waals surface area (Å²) in [6.45, 7) is 4.12. The quantitative estimate of drug-likeness (QED) is 0.406. The lowest BCUT2D eigenvalue weighted by Gasteiger charge is -2.13. The molecule has 0 fully saturated rings. The number of imidazole rings is 1. The van der Waals surface area contributed by atoms with E-state index in [1.165, 1.54) is 7.11 Å². The third-order valence-corrected chi connectivity index (χ3v) is 4.79. The van der Waals surface area contributed by atoms with E-state index >= 15 is 0 Å². The van der Waals surface area contributed by atoms with Gasteiger partial charge >= 0.3 is 0 Å². The first-order valence-electron chi connectivity index (χ1n) is 9.76. The second-order valence-electron chi connectivity index (χ2n) is 7.23. The van der Waals surface area contributed by atoms with E-state index in [9.17, 15) is 4.79 Å². The molecule has 9 nitrogen and oxygen atoms in total. The first-order chi connectivity index (χ1) is 15.0. The first kappa shape index (κ1) is 20.1. The smallest absolute Gasteiger partial charge is 0.255 e. The van der Waals surface area contributed by atoms with Crippen molar-refractivity contribution in [2.75, 3.05) is 23.5 Å². The Morgan fingerprint density at radius 3 is 2.68 bits per heavy atom. The van der Waals surface area contributed by atoms with E-state index in [-0.39, 0.29) is 11.9 Å². The maximum absolute atomic E-state index is 12.6. The summed E-state index contributed by atoms with van der Waals surface area (Å²) in [5.74, 6) is 0.596. The number of methoxy groups -OCH3 is 1. The van der Waals surface area contributed by atoms with Crippen molar-refractivity contribution in [2.24, 2.45) is 0 Å². The number of hydrogen-bond acceptors (Lipinski definition) is 7. The normalized spacial score (nSPS) is 11.0. The molecule has 2 aromatic carbocycles. The Morgan fingerprint density at radius 1 is 1.13 bits per heavy atom. The predicted molar refractivity (Wildman–Crippen MR) is 121 cm³/mol. The van der Waals surface area contributed by atoms with Gasteiger partial charge < -0.3 is 25.7 Å². The minimum atomic E-state index is -0.291. The van der Waals surface area contributed by atoms with E-state index in [1.54, 1.807) is 42.9 Å². The molecule has 0 unspecified atom stereocenters. The number of nitrogens with one attached hydrogen (secondary N) is 2. The van der Waals surface area contributed by atoms with Gasteiger partial charge in [-0.2, -0.15) is 4.98 Å². The number of rotatable bonds is 6. The Labute approximate surface area is 179 Å². The first-order valence-corrected chi connectivity index (χ1v) is 9.76. The molecule has 0 aliphatic carbocycles. The maximum Gasteiger partial charge on any atom is 0.255 e. The van der Waals surface area contributed by atoms with Crippen LogP contribution in [-0.2, 0) is 0 Å². The molecule has 2 heterocycles. The number of anilines is 4. The number of carbonyl (C=O) groups excluding carboxylic acids is 1. The highest BCUT2D eigenvalue weighted by atomic mass is 16.5. The molecule has 9 heteroatoms. The Kier molecular flexibility index (Phi) is 5.40. The number of hydrogen-bond donors (Lipinski definition) is 3. The number of aromatic nitrogens is 4. The van der Waals surface area contributed by atoms with E-state index in [4.69, 9.17) is 10.5 Å². The fourth-order valence-electron chi connectivity index (χ4n) is 3.13. The Hall–Kier alpha value is -4.14. The lowest BCUT2D eigenvalue weighted by atomic mass is 10.1. The summed E-state index contributed by atoms with van der Waals surface area (Å²) >= 11 is 0. The standard InChI is InChI=1S/C22H23N7O2/c1-13(2)29-12-25-18-11-24-22(28-20(18)29)27-17-9-8-14(10-19(17)31-3)21(30)26-16-7-5-4-6-15(16)23/h4-13H,23H2,1-3H3,(H,26,30)(H,24,27,28). The van der Waals surface area contributed by atoms with Crippen LogP contribution in [0.15, 0.2) is 55.0 Å². The molecule has 0 aliphatic rings. The van der Waals surface area contributed by atoms with Gasteiger partial charge in [-0.15, -0.1) is 0 Å². The molecular formula is C22H23N7O2. The zero-order valence-corrected chi connectivity index (χ0v) is 17.5. The number of benzene rings is 2. The van der Waals surface area contributed by atoms with Gasteiger partial charge in [-0.3, -0.25) is 4.79 Å². The van der Waals surface area contributed by atoms with Crippen LogP contribution >= 0.6 is 0 Å². The Bertz CT molecular complexity index is 1250. The van der Waals surface area contributed by atoms with Gasteiger partial charge in [0.25, 0.3) is 5.91 Å². The van der Waals surface area contributed by atoms with Crippen LogP contribution < -0.4 is 21.1 Å². The van der Waals surface area contributed by atoms with Crippen molar-refractivity contribution in [3.05, 3.63) is 60.6 Å². The number of fused-ring (bicyclic) bond motifs is 1. The zero-order chi connectivity index (χ0) is 22.0. The molecule has 1 amide bonds. The van der Waals surface area contributed by atoms with E-state index in [2.05, 4.69) is 39.4 Å². The summed E-state index contributed by atoms with van der Waals surface area (Å²) in [7, 11) is 1.54. The molecule has 4 rings (SSSR count). The van der Waals surface area contributed by atoms with Gasteiger partial charge in [0.05, 0.1) is 36.7 Å². The molecule has 4 aromatic rings. The van der Waals surface area contributed by atoms with E-state index in [0.29, 0.717) is 34.3 Å². The number of ether oxygens (including phenoxy) is 1. The van der Waals surface area contributed by atoms with Crippen molar-refractivity contribution in [1.82, 2.24) is 19.5 Å².